The van der Waals surface area contributed by atoms with Gasteiger partial charge in [-0.2, -0.15) is 4.31 Å². The van der Waals surface area contributed by atoms with Crippen LogP contribution in [0.1, 0.15) is 30.3 Å². The van der Waals surface area contributed by atoms with Gasteiger partial charge in [-0.25, -0.2) is 18.4 Å². The number of benzene rings is 1. The lowest BCUT2D eigenvalue weighted by atomic mass is 10.1. The number of rotatable bonds is 9. The number of carbonyl (C=O) groups is 1. The first-order valence-electron chi connectivity index (χ1n) is 15.2. The monoisotopic (exact) mass is 698 g/mol. The predicted molar refractivity (Wildman–Crippen MR) is 180 cm³/mol. The number of pyridine rings is 1. The van der Waals surface area contributed by atoms with E-state index >= 15 is 0 Å². The molecule has 1 amide bonds. The Bertz CT molecular complexity index is 1850. The van der Waals surface area contributed by atoms with Gasteiger partial charge in [0.2, 0.25) is 15.9 Å². The smallest absolute Gasteiger partial charge is 0.238 e. The van der Waals surface area contributed by atoms with Gasteiger partial charge in [-0.3, -0.25) is 9.69 Å². The first-order chi connectivity index (χ1) is 21.5. The Morgan fingerprint density at radius 2 is 1.93 bits per heavy atom. The third kappa shape index (κ3) is 6.52. The van der Waals surface area contributed by atoms with Crippen molar-refractivity contribution in [2.45, 2.75) is 40.2 Å². The van der Waals surface area contributed by atoms with Gasteiger partial charge in [-0.05, 0) is 73.8 Å². The fourth-order valence-corrected chi connectivity index (χ4v) is 7.72. The molecule has 3 N–H and O–H groups in total. The minimum Gasteiger partial charge on any atom is -0.379 e. The minimum absolute atomic E-state index is 0.0327. The van der Waals surface area contributed by atoms with E-state index in [2.05, 4.69) is 72.8 Å². The Kier molecular flexibility index (Phi) is 9.03. The first-order valence-corrected chi connectivity index (χ1v) is 17.6. The van der Waals surface area contributed by atoms with Crippen LogP contribution in [0, 0.1) is 20.8 Å². The van der Waals surface area contributed by atoms with Crippen molar-refractivity contribution in [3.8, 4) is 17.1 Å². The van der Waals surface area contributed by atoms with E-state index in [-0.39, 0.29) is 17.7 Å². The molecule has 6 rings (SSSR count). The molecule has 2 aliphatic heterocycles. The highest BCUT2D eigenvalue weighted by Crippen LogP contribution is 2.35. The number of aromatic nitrogens is 4. The zero-order chi connectivity index (χ0) is 31.9. The highest BCUT2D eigenvalue weighted by Gasteiger charge is 2.31. The van der Waals surface area contributed by atoms with E-state index in [0.717, 1.165) is 62.7 Å². The van der Waals surface area contributed by atoms with E-state index in [4.69, 9.17) is 9.72 Å². The number of hydrogen-bond donors (Lipinski definition) is 3. The number of hydrogen-bond acceptors (Lipinski definition) is 8. The van der Waals surface area contributed by atoms with Crippen molar-refractivity contribution >= 4 is 54.4 Å². The highest BCUT2D eigenvalue weighted by atomic mass is 79.9. The van der Waals surface area contributed by atoms with Crippen molar-refractivity contribution in [2.24, 2.45) is 0 Å². The molecule has 2 saturated heterocycles. The third-order valence-electron chi connectivity index (χ3n) is 8.62. The number of fused-ring (bicyclic) bond motifs is 1. The Balaban J connectivity index is 1.26. The van der Waals surface area contributed by atoms with Crippen LogP contribution >= 0.6 is 15.9 Å². The number of nitrogens with one attached hydrogen (secondary N) is 3. The predicted octanol–water partition coefficient (Wildman–Crippen LogP) is 4.21. The van der Waals surface area contributed by atoms with Crippen LogP contribution in [-0.4, -0.2) is 101 Å². The number of imidazole rings is 1. The summed E-state index contributed by atoms with van der Waals surface area (Å²) in [6, 6.07) is 8.04. The molecule has 12 nitrogen and oxygen atoms in total. The molecule has 0 saturated carbocycles. The van der Waals surface area contributed by atoms with Crippen LogP contribution in [0.15, 0.2) is 34.9 Å². The van der Waals surface area contributed by atoms with Gasteiger partial charge < -0.3 is 24.9 Å². The first kappa shape index (κ1) is 31.7. The van der Waals surface area contributed by atoms with Crippen LogP contribution in [0.5, 0.6) is 0 Å². The number of H-pyrrole nitrogens is 1. The van der Waals surface area contributed by atoms with E-state index in [1.165, 1.54) is 0 Å². The van der Waals surface area contributed by atoms with E-state index in [0.29, 0.717) is 50.7 Å². The van der Waals surface area contributed by atoms with Gasteiger partial charge in [0.1, 0.15) is 11.3 Å². The van der Waals surface area contributed by atoms with Gasteiger partial charge >= 0.3 is 0 Å². The summed E-state index contributed by atoms with van der Waals surface area (Å²) in [7, 11) is -3.24. The summed E-state index contributed by atoms with van der Waals surface area (Å²) >= 11 is 3.63. The van der Waals surface area contributed by atoms with Crippen LogP contribution in [-0.2, 0) is 19.6 Å². The lowest BCUT2D eigenvalue weighted by molar-refractivity contribution is -0.118. The van der Waals surface area contributed by atoms with Crippen LogP contribution in [0.25, 0.3) is 28.2 Å². The standard InChI is InChI=1S/C31H39BrN8O4S/c1-5-45(42,43)39-9-8-23(17-39)35-28-25(32)16-33-31-29(28)36-30(37-31)24-14-20(3)40(21(24)4)26-15-22(7-6-19(26)2)34-27(41)18-38-10-12-44-13-11-38/h6-7,14-16,23H,5,8-13,17-18H2,1-4H3,(H,34,41)(H2,33,35,36,37). The maximum Gasteiger partial charge on any atom is 0.238 e. The number of carbonyl (C=O) groups excluding carboxylic acids is 1. The normalized spacial score (nSPS) is 18.1. The summed E-state index contributed by atoms with van der Waals surface area (Å²) in [5.74, 6) is 0.738. The molecule has 1 atom stereocenters. The molecular weight excluding hydrogens is 660 g/mol. The molecule has 1 aromatic carbocycles. The second kappa shape index (κ2) is 12.8. The summed E-state index contributed by atoms with van der Waals surface area (Å²) < 4.78 is 34.7. The van der Waals surface area contributed by atoms with Crippen LogP contribution in [0.4, 0.5) is 11.4 Å². The molecule has 0 radical (unpaired) electrons. The summed E-state index contributed by atoms with van der Waals surface area (Å²) in [6.07, 6.45) is 2.43. The zero-order valence-corrected chi connectivity index (χ0v) is 28.4. The average molecular weight is 700 g/mol. The fourth-order valence-electron chi connectivity index (χ4n) is 6.15. The van der Waals surface area contributed by atoms with Crippen LogP contribution in [0.3, 0.4) is 0 Å². The molecule has 0 bridgehead atoms. The molecule has 3 aromatic heterocycles. The zero-order valence-electron chi connectivity index (χ0n) is 26.0. The summed E-state index contributed by atoms with van der Waals surface area (Å²) in [5, 5.41) is 6.61. The van der Waals surface area contributed by atoms with Gasteiger partial charge in [0.15, 0.2) is 5.65 Å². The number of aromatic amines is 1. The molecule has 5 heterocycles. The number of anilines is 2. The second-order valence-corrected chi connectivity index (χ2v) is 14.8. The molecule has 0 spiro atoms. The summed E-state index contributed by atoms with van der Waals surface area (Å²) in [5.41, 5.74) is 7.89. The number of aryl methyl sites for hydroxylation is 2. The Morgan fingerprint density at radius 1 is 1.16 bits per heavy atom. The highest BCUT2D eigenvalue weighted by molar-refractivity contribution is 9.10. The van der Waals surface area contributed by atoms with Crippen LogP contribution in [0.2, 0.25) is 0 Å². The average Bonchev–Trinajstić information content (AvgIpc) is 3.74. The molecule has 2 fully saturated rings. The number of sulfonamides is 1. The largest absolute Gasteiger partial charge is 0.379 e. The molecule has 1 unspecified atom stereocenters. The third-order valence-corrected chi connectivity index (χ3v) is 11.1. The topological polar surface area (TPSA) is 137 Å². The van der Waals surface area contributed by atoms with Crippen molar-refractivity contribution in [1.82, 2.24) is 28.7 Å². The number of morpholine rings is 1. The molecule has 0 aliphatic carbocycles. The van der Waals surface area contributed by atoms with Crippen LogP contribution < -0.4 is 10.6 Å². The molecule has 2 aliphatic rings. The minimum atomic E-state index is -3.24. The number of halogens is 1. The second-order valence-electron chi connectivity index (χ2n) is 11.7. The van der Waals surface area contributed by atoms with E-state index in [9.17, 15) is 13.2 Å². The number of nitrogens with zero attached hydrogens (tertiary/aromatic N) is 5. The maximum absolute atomic E-state index is 12.8. The van der Waals surface area contributed by atoms with Gasteiger partial charge in [-0.15, -0.1) is 0 Å². The van der Waals surface area contributed by atoms with E-state index < -0.39 is 10.0 Å². The van der Waals surface area contributed by atoms with Crippen molar-refractivity contribution in [3.63, 3.8) is 0 Å². The van der Waals surface area contributed by atoms with Crippen molar-refractivity contribution < 1.29 is 17.9 Å². The number of amides is 1. The van der Waals surface area contributed by atoms with E-state index in [1.54, 1.807) is 17.4 Å². The van der Waals surface area contributed by atoms with Gasteiger partial charge in [0.25, 0.3) is 0 Å². The Labute approximate surface area is 271 Å². The SMILES string of the molecule is CCS(=O)(=O)N1CCC(Nc2c(Br)cnc3nc(-c4cc(C)n(-c5cc(NC(=O)CN6CCOCC6)ccc5C)c4C)[nH]c23)C1. The van der Waals surface area contributed by atoms with Gasteiger partial charge in [0.05, 0.1) is 41.4 Å². The summed E-state index contributed by atoms with van der Waals surface area (Å²) in [4.78, 5) is 27.8. The molecule has 14 heteroatoms. The summed E-state index contributed by atoms with van der Waals surface area (Å²) in [6.45, 7) is 11.9. The lowest BCUT2D eigenvalue weighted by Crippen LogP contribution is -2.41. The molecular formula is C31H39BrN8O4S. The Morgan fingerprint density at radius 3 is 2.69 bits per heavy atom. The fraction of sp³-hybridized carbons (Fsp3) is 0.452. The van der Waals surface area contributed by atoms with Crippen molar-refractivity contribution in [3.05, 3.63) is 51.9 Å². The molecule has 240 valence electrons. The van der Waals surface area contributed by atoms with Gasteiger partial charge in [-0.1, -0.05) is 6.07 Å². The molecule has 4 aromatic rings. The number of ether oxygens (including phenoxy) is 1. The lowest BCUT2D eigenvalue weighted by Gasteiger charge is -2.25. The molecule has 45 heavy (non-hydrogen) atoms. The Hall–Kier alpha value is -3.30. The maximum atomic E-state index is 12.8. The van der Waals surface area contributed by atoms with E-state index in [1.807, 2.05) is 18.2 Å². The van der Waals surface area contributed by atoms with Crippen molar-refractivity contribution in [2.75, 3.05) is 62.3 Å². The van der Waals surface area contributed by atoms with Crippen molar-refractivity contribution in [1.29, 1.82) is 0 Å². The quantitative estimate of drug-likeness (QED) is 0.237. The van der Waals surface area contributed by atoms with Gasteiger partial charge in [0, 0.05) is 61.1 Å².